The number of aryl methyl sites for hydroxylation is 2. The van der Waals surface area contributed by atoms with Gasteiger partial charge in [0.1, 0.15) is 0 Å². The molecule has 0 aliphatic carbocycles. The number of nitrogens with one attached hydrogen (secondary N) is 2. The highest BCUT2D eigenvalue weighted by Crippen LogP contribution is 2.28. The summed E-state index contributed by atoms with van der Waals surface area (Å²) >= 11 is 1.22. The number of furan rings is 1. The maximum absolute atomic E-state index is 12.9. The van der Waals surface area contributed by atoms with Crippen LogP contribution in [-0.2, 0) is 6.54 Å². The van der Waals surface area contributed by atoms with E-state index in [1.165, 1.54) is 17.6 Å². The molecule has 3 heterocycles. The molecular weight excluding hydrogens is 388 g/mol. The lowest BCUT2D eigenvalue weighted by atomic mass is 10.3. The fraction of sp³-hybridized carbons (Fsp3) is 0.190. The van der Waals surface area contributed by atoms with Crippen LogP contribution in [0.1, 0.15) is 39.1 Å². The molecule has 0 spiro atoms. The number of carbonyl (C=O) groups excluding carboxylic acids is 2. The number of rotatable bonds is 6. The first kappa shape index (κ1) is 18.9. The quantitative estimate of drug-likeness (QED) is 0.474. The Balaban J connectivity index is 1.56. The van der Waals surface area contributed by atoms with Gasteiger partial charge in [-0.3, -0.25) is 14.9 Å². The van der Waals surface area contributed by atoms with Crippen molar-refractivity contribution in [3.63, 3.8) is 0 Å². The van der Waals surface area contributed by atoms with E-state index in [-0.39, 0.29) is 17.6 Å². The number of para-hydroxylation sites is 2. The third-order valence-electron chi connectivity index (χ3n) is 4.43. The molecule has 0 aliphatic heterocycles. The van der Waals surface area contributed by atoms with E-state index in [9.17, 15) is 9.59 Å². The molecule has 0 aliphatic rings. The van der Waals surface area contributed by atoms with Gasteiger partial charge in [0, 0.05) is 6.54 Å². The number of carbonyl (C=O) groups is 2. The summed E-state index contributed by atoms with van der Waals surface area (Å²) in [5.74, 6) is 0.133. The highest BCUT2D eigenvalue weighted by Gasteiger charge is 2.19. The summed E-state index contributed by atoms with van der Waals surface area (Å²) in [4.78, 5) is 30.2. The van der Waals surface area contributed by atoms with Crippen LogP contribution < -0.4 is 10.6 Å². The molecule has 8 heteroatoms. The van der Waals surface area contributed by atoms with Gasteiger partial charge in [-0.25, -0.2) is 4.98 Å². The fourth-order valence-electron chi connectivity index (χ4n) is 3.13. The minimum atomic E-state index is -0.354. The number of anilines is 2. The minimum absolute atomic E-state index is 0.218. The van der Waals surface area contributed by atoms with E-state index >= 15 is 0 Å². The molecular formula is C21H20N4O3S. The lowest BCUT2D eigenvalue weighted by molar-refractivity contribution is 0.0995. The van der Waals surface area contributed by atoms with Gasteiger partial charge < -0.3 is 14.3 Å². The first-order chi connectivity index (χ1) is 14.1. The molecule has 7 nitrogen and oxygen atoms in total. The van der Waals surface area contributed by atoms with Gasteiger partial charge in [-0.2, -0.15) is 0 Å². The maximum Gasteiger partial charge on any atom is 0.291 e. The number of hydrogen-bond acceptors (Lipinski definition) is 5. The Labute approximate surface area is 171 Å². The van der Waals surface area contributed by atoms with Crippen LogP contribution in [0.4, 0.5) is 10.9 Å². The summed E-state index contributed by atoms with van der Waals surface area (Å²) in [5.41, 5.74) is 2.60. The van der Waals surface area contributed by atoms with Gasteiger partial charge in [0.15, 0.2) is 5.76 Å². The summed E-state index contributed by atoms with van der Waals surface area (Å²) < 4.78 is 7.11. The normalized spacial score (nSPS) is 11.0. The average molecular weight is 408 g/mol. The molecule has 29 heavy (non-hydrogen) atoms. The third-order valence-corrected chi connectivity index (χ3v) is 5.58. The molecule has 2 N–H and O–H groups in total. The molecule has 4 aromatic rings. The summed E-state index contributed by atoms with van der Waals surface area (Å²) in [7, 11) is 0. The molecule has 0 fully saturated rings. The van der Waals surface area contributed by atoms with E-state index in [2.05, 4.69) is 22.5 Å². The molecule has 1 aromatic carbocycles. The van der Waals surface area contributed by atoms with Crippen LogP contribution in [-0.4, -0.2) is 21.4 Å². The van der Waals surface area contributed by atoms with Crippen LogP contribution in [0.5, 0.6) is 0 Å². The molecule has 0 unspecified atom stereocenters. The van der Waals surface area contributed by atoms with Crippen molar-refractivity contribution in [2.45, 2.75) is 26.8 Å². The van der Waals surface area contributed by atoms with Crippen LogP contribution in [0, 0.1) is 6.92 Å². The molecule has 0 saturated carbocycles. The fourth-order valence-corrected chi connectivity index (χ4v) is 4.09. The number of benzene rings is 1. The van der Waals surface area contributed by atoms with Gasteiger partial charge in [0.05, 0.1) is 27.2 Å². The third kappa shape index (κ3) is 3.79. The topological polar surface area (TPSA) is 89.2 Å². The monoisotopic (exact) mass is 408 g/mol. The smallest absolute Gasteiger partial charge is 0.291 e. The molecule has 0 bridgehead atoms. The highest BCUT2D eigenvalue weighted by molar-refractivity contribution is 7.18. The number of imidazole rings is 1. The Kier molecular flexibility index (Phi) is 5.18. The standard InChI is InChI=1S/C21H20N4O3S/c1-3-10-25-15-8-5-4-7-14(15)22-21(25)24-20(27)18-13(2)12-17(29-18)23-19(26)16-9-6-11-28-16/h4-9,11-12H,3,10H2,1-2H3,(H,23,26)(H,22,24,27). The predicted molar refractivity (Wildman–Crippen MR) is 114 cm³/mol. The second-order valence-corrected chi connectivity index (χ2v) is 7.64. The Morgan fingerprint density at radius 1 is 1.14 bits per heavy atom. The largest absolute Gasteiger partial charge is 0.459 e. The van der Waals surface area contributed by atoms with Crippen molar-refractivity contribution in [1.82, 2.24) is 9.55 Å². The van der Waals surface area contributed by atoms with Gasteiger partial charge >= 0.3 is 0 Å². The summed E-state index contributed by atoms with van der Waals surface area (Å²) in [6, 6.07) is 12.8. The molecule has 0 atom stereocenters. The summed E-state index contributed by atoms with van der Waals surface area (Å²) in [6.07, 6.45) is 2.36. The van der Waals surface area contributed by atoms with Gasteiger partial charge in [0.25, 0.3) is 11.8 Å². The van der Waals surface area contributed by atoms with E-state index in [0.717, 1.165) is 29.6 Å². The molecule has 0 saturated heterocycles. The van der Waals surface area contributed by atoms with E-state index in [0.29, 0.717) is 15.8 Å². The Morgan fingerprint density at radius 3 is 2.72 bits per heavy atom. The van der Waals surface area contributed by atoms with Crippen LogP contribution in [0.25, 0.3) is 11.0 Å². The zero-order valence-electron chi connectivity index (χ0n) is 16.1. The van der Waals surface area contributed by atoms with E-state index in [4.69, 9.17) is 4.42 Å². The van der Waals surface area contributed by atoms with Crippen LogP contribution in [0.3, 0.4) is 0 Å². The van der Waals surface area contributed by atoms with Crippen molar-refractivity contribution in [3.05, 3.63) is 64.9 Å². The number of fused-ring (bicyclic) bond motifs is 1. The van der Waals surface area contributed by atoms with Crippen LogP contribution >= 0.6 is 11.3 Å². The Morgan fingerprint density at radius 2 is 1.97 bits per heavy atom. The van der Waals surface area contributed by atoms with Gasteiger partial charge in [-0.15, -0.1) is 11.3 Å². The van der Waals surface area contributed by atoms with Crippen molar-refractivity contribution >= 4 is 45.1 Å². The Hall–Kier alpha value is -3.39. The first-order valence-corrected chi connectivity index (χ1v) is 10.1. The van der Waals surface area contributed by atoms with Gasteiger partial charge in [-0.05, 0) is 49.2 Å². The molecule has 148 valence electrons. The summed E-state index contributed by atoms with van der Waals surface area (Å²) in [6.45, 7) is 4.67. The second-order valence-electron chi connectivity index (χ2n) is 6.58. The minimum Gasteiger partial charge on any atom is -0.459 e. The highest BCUT2D eigenvalue weighted by atomic mass is 32.1. The zero-order chi connectivity index (χ0) is 20.4. The first-order valence-electron chi connectivity index (χ1n) is 9.28. The predicted octanol–water partition coefficient (Wildman–Crippen LogP) is 4.91. The van der Waals surface area contributed by atoms with Crippen molar-refractivity contribution in [1.29, 1.82) is 0 Å². The molecule has 3 aromatic heterocycles. The summed E-state index contributed by atoms with van der Waals surface area (Å²) in [5, 5.41) is 6.27. The van der Waals surface area contributed by atoms with Crippen molar-refractivity contribution in [2.24, 2.45) is 0 Å². The number of aromatic nitrogens is 2. The van der Waals surface area contributed by atoms with E-state index in [1.807, 2.05) is 35.8 Å². The zero-order valence-corrected chi connectivity index (χ0v) is 16.9. The number of amides is 2. The number of hydrogen-bond donors (Lipinski definition) is 2. The Bertz CT molecular complexity index is 1170. The van der Waals surface area contributed by atoms with Gasteiger partial charge in [-0.1, -0.05) is 19.1 Å². The number of thiophene rings is 1. The van der Waals surface area contributed by atoms with E-state index < -0.39 is 0 Å². The van der Waals surface area contributed by atoms with Crippen LogP contribution in [0.15, 0.2) is 53.1 Å². The molecule has 4 rings (SSSR count). The van der Waals surface area contributed by atoms with E-state index in [1.54, 1.807) is 18.2 Å². The SMILES string of the molecule is CCCn1c(NC(=O)c2sc(NC(=O)c3ccco3)cc2C)nc2ccccc21. The number of nitrogens with zero attached hydrogens (tertiary/aromatic N) is 2. The van der Waals surface area contributed by atoms with Crippen molar-refractivity contribution in [2.75, 3.05) is 10.6 Å². The average Bonchev–Trinajstić information content (AvgIpc) is 3.42. The maximum atomic E-state index is 12.9. The van der Waals surface area contributed by atoms with Crippen LogP contribution in [0.2, 0.25) is 0 Å². The van der Waals surface area contributed by atoms with Crippen molar-refractivity contribution in [3.8, 4) is 0 Å². The second kappa shape index (κ2) is 7.92. The van der Waals surface area contributed by atoms with Crippen molar-refractivity contribution < 1.29 is 14.0 Å². The lowest BCUT2D eigenvalue weighted by Crippen LogP contribution is -2.15. The molecule has 0 radical (unpaired) electrons. The lowest BCUT2D eigenvalue weighted by Gasteiger charge is -2.08. The molecule has 2 amide bonds. The van der Waals surface area contributed by atoms with Gasteiger partial charge in [0.2, 0.25) is 5.95 Å².